The molecule has 7 nitrogen and oxygen atoms in total. The van der Waals surface area contributed by atoms with Crippen LogP contribution in [0.25, 0.3) is 0 Å². The summed E-state index contributed by atoms with van der Waals surface area (Å²) in [7, 11) is 1.23. The zero-order valence-electron chi connectivity index (χ0n) is 12.8. The number of esters is 1. The van der Waals surface area contributed by atoms with Crippen LogP contribution < -0.4 is 10.5 Å². The highest BCUT2D eigenvalue weighted by Crippen LogP contribution is 2.32. The minimum atomic E-state index is -0.891. The zero-order valence-corrected chi connectivity index (χ0v) is 13.5. The highest BCUT2D eigenvalue weighted by atomic mass is 35.5. The number of hydrogen-bond donors (Lipinski definition) is 1. The number of nitrogens with two attached hydrogens (primary N) is 1. The summed E-state index contributed by atoms with van der Waals surface area (Å²) in [5.41, 5.74) is 5.98. The van der Waals surface area contributed by atoms with Gasteiger partial charge in [0.15, 0.2) is 0 Å². The number of nitro groups is 1. The molecule has 2 aromatic rings. The van der Waals surface area contributed by atoms with E-state index in [1.807, 2.05) is 0 Å². The molecule has 0 aromatic heterocycles. The summed E-state index contributed by atoms with van der Waals surface area (Å²) in [6.07, 6.45) is 0.120. The van der Waals surface area contributed by atoms with E-state index in [4.69, 9.17) is 22.1 Å². The molecule has 0 aliphatic rings. The number of carbonyl (C=O) groups excluding carboxylic acids is 1. The molecule has 2 aromatic carbocycles. The Labute approximate surface area is 143 Å². The molecule has 0 saturated heterocycles. The van der Waals surface area contributed by atoms with Gasteiger partial charge in [0.1, 0.15) is 11.8 Å². The van der Waals surface area contributed by atoms with Crippen molar-refractivity contribution in [1.82, 2.24) is 0 Å². The number of halogens is 1. The van der Waals surface area contributed by atoms with E-state index in [1.54, 1.807) is 30.3 Å². The van der Waals surface area contributed by atoms with Crippen molar-refractivity contribution in [2.75, 3.05) is 7.11 Å². The average Bonchev–Trinajstić information content (AvgIpc) is 2.57. The normalized spacial score (nSPS) is 11.6. The molecule has 8 heteroatoms. The summed E-state index contributed by atoms with van der Waals surface area (Å²) in [5.74, 6) is -0.0848. The molecule has 0 saturated carbocycles. The highest BCUT2D eigenvalue weighted by molar-refractivity contribution is 6.30. The summed E-state index contributed by atoms with van der Waals surface area (Å²) in [6.45, 7) is 0. The molecule has 0 aliphatic heterocycles. The van der Waals surface area contributed by atoms with Crippen LogP contribution in [0, 0.1) is 10.1 Å². The van der Waals surface area contributed by atoms with Crippen LogP contribution in [0.2, 0.25) is 5.02 Å². The molecule has 0 aliphatic carbocycles. The zero-order chi connectivity index (χ0) is 17.7. The maximum Gasteiger partial charge on any atom is 0.322 e. The summed E-state index contributed by atoms with van der Waals surface area (Å²) in [6, 6.07) is 9.96. The Morgan fingerprint density at radius 1 is 1.29 bits per heavy atom. The summed E-state index contributed by atoms with van der Waals surface area (Å²) in [5, 5.41) is 11.8. The third kappa shape index (κ3) is 4.43. The fourth-order valence-electron chi connectivity index (χ4n) is 2.04. The predicted octanol–water partition coefficient (Wildman–Crippen LogP) is 3.08. The fraction of sp³-hybridized carbons (Fsp3) is 0.188. The number of methoxy groups -OCH3 is 1. The van der Waals surface area contributed by atoms with Gasteiger partial charge in [0.2, 0.25) is 5.75 Å². The first-order chi connectivity index (χ1) is 11.4. The van der Waals surface area contributed by atoms with E-state index in [-0.39, 0.29) is 17.9 Å². The number of carbonyl (C=O) groups is 1. The van der Waals surface area contributed by atoms with Gasteiger partial charge < -0.3 is 15.2 Å². The molecular formula is C16H15ClN2O5. The van der Waals surface area contributed by atoms with Gasteiger partial charge in [-0.2, -0.15) is 0 Å². The molecule has 1 unspecified atom stereocenters. The lowest BCUT2D eigenvalue weighted by atomic mass is 10.1. The van der Waals surface area contributed by atoms with Crippen LogP contribution in [-0.2, 0) is 16.0 Å². The fourth-order valence-corrected chi connectivity index (χ4v) is 2.16. The topological polar surface area (TPSA) is 105 Å². The molecule has 2 N–H and O–H groups in total. The van der Waals surface area contributed by atoms with Crippen LogP contribution in [0.1, 0.15) is 5.56 Å². The Morgan fingerprint density at radius 2 is 1.96 bits per heavy atom. The maximum absolute atomic E-state index is 11.4. The number of hydrogen-bond acceptors (Lipinski definition) is 6. The Bertz CT molecular complexity index is 749. The van der Waals surface area contributed by atoms with E-state index in [2.05, 4.69) is 4.74 Å². The Balaban J connectivity index is 2.25. The van der Waals surface area contributed by atoms with Crippen LogP contribution in [-0.4, -0.2) is 24.0 Å². The lowest BCUT2D eigenvalue weighted by molar-refractivity contribution is -0.385. The van der Waals surface area contributed by atoms with Crippen molar-refractivity contribution in [1.29, 1.82) is 0 Å². The second-order valence-electron chi connectivity index (χ2n) is 4.95. The van der Waals surface area contributed by atoms with Crippen LogP contribution in [0.3, 0.4) is 0 Å². The molecule has 0 fully saturated rings. The van der Waals surface area contributed by atoms with Crippen molar-refractivity contribution in [3.05, 3.63) is 63.2 Å². The molecular weight excluding hydrogens is 336 g/mol. The molecule has 0 spiro atoms. The van der Waals surface area contributed by atoms with Gasteiger partial charge in [-0.15, -0.1) is 0 Å². The van der Waals surface area contributed by atoms with Gasteiger partial charge in [0.25, 0.3) is 0 Å². The number of benzene rings is 2. The van der Waals surface area contributed by atoms with Crippen molar-refractivity contribution in [2.24, 2.45) is 5.73 Å². The van der Waals surface area contributed by atoms with Crippen LogP contribution in [0.5, 0.6) is 11.5 Å². The number of nitro benzene ring substituents is 1. The molecule has 0 radical (unpaired) electrons. The third-order valence-corrected chi connectivity index (χ3v) is 3.47. The standard InChI is InChI=1S/C16H15ClN2O5/c1-23-16(20)13(18)8-10-2-7-15(14(9-10)19(21)22)24-12-5-3-11(17)4-6-12/h2-7,9,13H,8,18H2,1H3. The SMILES string of the molecule is COC(=O)C(N)Cc1ccc(Oc2ccc(Cl)cc2)c([N+](=O)[O-])c1. The van der Waals surface area contributed by atoms with Gasteiger partial charge in [-0.1, -0.05) is 17.7 Å². The lowest BCUT2D eigenvalue weighted by Gasteiger charge is -2.11. The van der Waals surface area contributed by atoms with Gasteiger partial charge in [0, 0.05) is 11.1 Å². The average molecular weight is 351 g/mol. The largest absolute Gasteiger partial charge is 0.468 e. The van der Waals surface area contributed by atoms with Gasteiger partial charge in [-0.3, -0.25) is 14.9 Å². The first-order valence-corrected chi connectivity index (χ1v) is 7.32. The molecule has 126 valence electrons. The van der Waals surface area contributed by atoms with Crippen molar-refractivity contribution in [3.8, 4) is 11.5 Å². The van der Waals surface area contributed by atoms with Crippen LogP contribution in [0.4, 0.5) is 5.69 Å². The maximum atomic E-state index is 11.4. The quantitative estimate of drug-likeness (QED) is 0.487. The van der Waals surface area contributed by atoms with Gasteiger partial charge in [-0.05, 0) is 42.3 Å². The number of rotatable bonds is 6. The van der Waals surface area contributed by atoms with Crippen molar-refractivity contribution in [3.63, 3.8) is 0 Å². The minimum Gasteiger partial charge on any atom is -0.468 e. The van der Waals surface area contributed by atoms with Gasteiger partial charge >= 0.3 is 11.7 Å². The lowest BCUT2D eigenvalue weighted by Crippen LogP contribution is -2.33. The monoisotopic (exact) mass is 350 g/mol. The van der Waals surface area contributed by atoms with Crippen molar-refractivity contribution < 1.29 is 19.2 Å². The van der Waals surface area contributed by atoms with E-state index >= 15 is 0 Å². The van der Waals surface area contributed by atoms with E-state index in [0.29, 0.717) is 16.3 Å². The predicted molar refractivity (Wildman–Crippen MR) is 88.3 cm³/mol. The summed E-state index contributed by atoms with van der Waals surface area (Å²) in [4.78, 5) is 22.1. The van der Waals surface area contributed by atoms with Crippen molar-refractivity contribution in [2.45, 2.75) is 12.5 Å². The molecule has 0 bridgehead atoms. The van der Waals surface area contributed by atoms with E-state index in [1.165, 1.54) is 19.2 Å². The molecule has 24 heavy (non-hydrogen) atoms. The number of nitrogens with zero attached hydrogens (tertiary/aromatic N) is 1. The van der Waals surface area contributed by atoms with Crippen LogP contribution in [0.15, 0.2) is 42.5 Å². The molecule has 2 rings (SSSR count). The van der Waals surface area contributed by atoms with E-state index in [0.717, 1.165) is 0 Å². The Hall–Kier alpha value is -2.64. The highest BCUT2D eigenvalue weighted by Gasteiger charge is 2.20. The second kappa shape index (κ2) is 7.76. The second-order valence-corrected chi connectivity index (χ2v) is 5.39. The minimum absolute atomic E-state index is 0.0812. The van der Waals surface area contributed by atoms with Crippen LogP contribution >= 0.6 is 11.6 Å². The van der Waals surface area contributed by atoms with E-state index < -0.39 is 16.9 Å². The third-order valence-electron chi connectivity index (χ3n) is 3.22. The van der Waals surface area contributed by atoms with Gasteiger partial charge in [-0.25, -0.2) is 0 Å². The van der Waals surface area contributed by atoms with Gasteiger partial charge in [0.05, 0.1) is 12.0 Å². The summed E-state index contributed by atoms with van der Waals surface area (Å²) < 4.78 is 10.1. The molecule has 1 atom stereocenters. The Morgan fingerprint density at radius 3 is 2.54 bits per heavy atom. The van der Waals surface area contributed by atoms with E-state index in [9.17, 15) is 14.9 Å². The molecule has 0 amide bonds. The smallest absolute Gasteiger partial charge is 0.322 e. The summed E-state index contributed by atoms with van der Waals surface area (Å²) >= 11 is 5.79. The Kier molecular flexibility index (Phi) is 5.73. The van der Waals surface area contributed by atoms with Crippen molar-refractivity contribution >= 4 is 23.3 Å². The first-order valence-electron chi connectivity index (χ1n) is 6.95. The number of ether oxygens (including phenoxy) is 2. The molecule has 0 heterocycles. The first kappa shape index (κ1) is 17.7.